The molecule has 0 unspecified atom stereocenters. The zero-order chi connectivity index (χ0) is 15.0. The molecule has 1 fully saturated rings. The summed E-state index contributed by atoms with van der Waals surface area (Å²) < 4.78 is 40.3. The van der Waals surface area contributed by atoms with Crippen molar-refractivity contribution in [3.63, 3.8) is 0 Å². The highest BCUT2D eigenvalue weighted by Gasteiger charge is 2.36. The minimum absolute atomic E-state index is 0.0630. The Kier molecular flexibility index (Phi) is 4.21. The van der Waals surface area contributed by atoms with Gasteiger partial charge in [-0.05, 0) is 51.7 Å². The van der Waals surface area contributed by atoms with E-state index in [1.807, 2.05) is 6.92 Å². The molecule has 1 aromatic rings. The number of sulfonamides is 1. The maximum absolute atomic E-state index is 13.9. The van der Waals surface area contributed by atoms with Crippen LogP contribution in [0.2, 0.25) is 0 Å². The molecule has 1 aliphatic heterocycles. The lowest BCUT2D eigenvalue weighted by Crippen LogP contribution is -2.42. The highest BCUT2D eigenvalue weighted by atomic mass is 32.2. The monoisotopic (exact) mass is 299 g/mol. The van der Waals surface area contributed by atoms with E-state index >= 15 is 0 Å². The number of hydrogen-bond acceptors (Lipinski definition) is 2. The van der Waals surface area contributed by atoms with Crippen LogP contribution in [0.5, 0.6) is 0 Å². The molecule has 1 aromatic carbocycles. The lowest BCUT2D eigenvalue weighted by Gasteiger charge is -2.35. The fourth-order valence-electron chi connectivity index (χ4n) is 2.64. The van der Waals surface area contributed by atoms with E-state index in [0.717, 1.165) is 5.56 Å². The van der Waals surface area contributed by atoms with Crippen LogP contribution in [0.15, 0.2) is 29.2 Å². The summed E-state index contributed by atoms with van der Waals surface area (Å²) in [5.41, 5.74) is -0.207. The lowest BCUT2D eigenvalue weighted by molar-refractivity contribution is 0.0832. The standard InChI is InChI=1S/C15H22FNO2S/c1-12-4-6-14(7-5-12)20(18,19)17-10-8-13(9-11-17)15(2,3)16/h4-7,13H,8-11H2,1-3H3. The summed E-state index contributed by atoms with van der Waals surface area (Å²) >= 11 is 0. The molecule has 1 heterocycles. The zero-order valence-electron chi connectivity index (χ0n) is 12.3. The van der Waals surface area contributed by atoms with Crippen molar-refractivity contribution in [2.45, 2.75) is 44.2 Å². The smallest absolute Gasteiger partial charge is 0.243 e. The summed E-state index contributed by atoms with van der Waals surface area (Å²) in [5, 5.41) is 0. The predicted octanol–water partition coefficient (Wildman–Crippen LogP) is 3.14. The van der Waals surface area contributed by atoms with Gasteiger partial charge in [0.05, 0.1) is 4.90 Å². The second-order valence-corrected chi connectivity index (χ2v) is 7.99. The molecular formula is C15H22FNO2S. The van der Waals surface area contributed by atoms with E-state index < -0.39 is 15.7 Å². The van der Waals surface area contributed by atoms with Crippen molar-refractivity contribution < 1.29 is 12.8 Å². The SMILES string of the molecule is Cc1ccc(S(=O)(=O)N2CCC(C(C)(C)F)CC2)cc1. The molecule has 0 N–H and O–H groups in total. The summed E-state index contributed by atoms with van der Waals surface area (Å²) in [6, 6.07) is 6.86. The second-order valence-electron chi connectivity index (χ2n) is 6.06. The van der Waals surface area contributed by atoms with Gasteiger partial charge in [0.25, 0.3) is 0 Å². The van der Waals surface area contributed by atoms with Crippen molar-refractivity contribution in [2.75, 3.05) is 13.1 Å². The second kappa shape index (κ2) is 5.45. The van der Waals surface area contributed by atoms with Crippen molar-refractivity contribution in [3.05, 3.63) is 29.8 Å². The summed E-state index contributed by atoms with van der Waals surface area (Å²) in [5.74, 6) is -0.0630. The Morgan fingerprint density at radius 3 is 2.10 bits per heavy atom. The van der Waals surface area contributed by atoms with Crippen LogP contribution in [0.1, 0.15) is 32.3 Å². The van der Waals surface area contributed by atoms with Gasteiger partial charge in [0.1, 0.15) is 5.67 Å². The highest BCUT2D eigenvalue weighted by Crippen LogP contribution is 2.32. The average Bonchev–Trinajstić information content (AvgIpc) is 2.38. The van der Waals surface area contributed by atoms with Crippen LogP contribution in [-0.4, -0.2) is 31.5 Å². The van der Waals surface area contributed by atoms with Gasteiger partial charge in [-0.25, -0.2) is 12.8 Å². The van der Waals surface area contributed by atoms with Gasteiger partial charge in [-0.15, -0.1) is 0 Å². The fourth-order valence-corrected chi connectivity index (χ4v) is 4.11. The molecule has 0 aliphatic carbocycles. The largest absolute Gasteiger partial charge is 0.244 e. The van der Waals surface area contributed by atoms with E-state index in [0.29, 0.717) is 30.8 Å². The Balaban J connectivity index is 2.11. The first-order valence-electron chi connectivity index (χ1n) is 6.97. The van der Waals surface area contributed by atoms with Crippen LogP contribution in [0.3, 0.4) is 0 Å². The fraction of sp³-hybridized carbons (Fsp3) is 0.600. The number of halogens is 1. The molecule has 2 rings (SSSR count). The van der Waals surface area contributed by atoms with Crippen LogP contribution in [-0.2, 0) is 10.0 Å². The van der Waals surface area contributed by atoms with Gasteiger partial charge in [0.15, 0.2) is 0 Å². The number of hydrogen-bond donors (Lipinski definition) is 0. The third-order valence-electron chi connectivity index (χ3n) is 4.08. The van der Waals surface area contributed by atoms with E-state index in [1.165, 1.54) is 4.31 Å². The van der Waals surface area contributed by atoms with Gasteiger partial charge in [-0.3, -0.25) is 0 Å². The molecule has 0 atom stereocenters. The van der Waals surface area contributed by atoms with E-state index in [9.17, 15) is 12.8 Å². The molecule has 0 spiro atoms. The first-order valence-corrected chi connectivity index (χ1v) is 8.41. The summed E-state index contributed by atoms with van der Waals surface area (Å²) in [6.07, 6.45) is 1.16. The number of piperidine rings is 1. The van der Waals surface area contributed by atoms with Crippen LogP contribution in [0.4, 0.5) is 4.39 Å². The van der Waals surface area contributed by atoms with Gasteiger partial charge >= 0.3 is 0 Å². The lowest BCUT2D eigenvalue weighted by atomic mass is 9.85. The van der Waals surface area contributed by atoms with E-state index in [-0.39, 0.29) is 5.92 Å². The zero-order valence-corrected chi connectivity index (χ0v) is 13.1. The molecular weight excluding hydrogens is 277 g/mol. The van der Waals surface area contributed by atoms with Crippen molar-refractivity contribution >= 4 is 10.0 Å². The van der Waals surface area contributed by atoms with Crippen LogP contribution in [0.25, 0.3) is 0 Å². The van der Waals surface area contributed by atoms with Gasteiger partial charge in [0.2, 0.25) is 10.0 Å². The molecule has 3 nitrogen and oxygen atoms in total. The quantitative estimate of drug-likeness (QED) is 0.860. The predicted molar refractivity (Wildman–Crippen MR) is 77.8 cm³/mol. The molecule has 0 amide bonds. The van der Waals surface area contributed by atoms with Crippen molar-refractivity contribution in [2.24, 2.45) is 5.92 Å². The van der Waals surface area contributed by atoms with Gasteiger partial charge in [-0.1, -0.05) is 17.7 Å². The summed E-state index contributed by atoms with van der Waals surface area (Å²) in [7, 11) is -3.44. The third kappa shape index (κ3) is 3.20. The third-order valence-corrected chi connectivity index (χ3v) is 6.00. The summed E-state index contributed by atoms with van der Waals surface area (Å²) in [6.45, 7) is 5.86. The molecule has 112 valence electrons. The van der Waals surface area contributed by atoms with Crippen LogP contribution in [0, 0.1) is 12.8 Å². The van der Waals surface area contributed by atoms with Crippen molar-refractivity contribution in [1.82, 2.24) is 4.31 Å². The van der Waals surface area contributed by atoms with E-state index in [4.69, 9.17) is 0 Å². The Bertz CT molecular complexity index is 553. The maximum atomic E-state index is 13.9. The molecule has 1 saturated heterocycles. The summed E-state index contributed by atoms with van der Waals surface area (Å²) in [4.78, 5) is 0.320. The number of alkyl halides is 1. The Labute approximate surface area is 120 Å². The van der Waals surface area contributed by atoms with Crippen LogP contribution < -0.4 is 0 Å². The van der Waals surface area contributed by atoms with E-state index in [2.05, 4.69) is 0 Å². The number of aryl methyl sites for hydroxylation is 1. The minimum atomic E-state index is -3.44. The molecule has 1 aliphatic rings. The molecule has 0 bridgehead atoms. The number of nitrogens with zero attached hydrogens (tertiary/aromatic N) is 1. The molecule has 5 heteroatoms. The Hall–Kier alpha value is -0.940. The molecule has 0 aromatic heterocycles. The van der Waals surface area contributed by atoms with Crippen molar-refractivity contribution in [3.8, 4) is 0 Å². The Morgan fingerprint density at radius 1 is 1.15 bits per heavy atom. The first-order chi connectivity index (χ1) is 9.21. The Morgan fingerprint density at radius 2 is 1.65 bits per heavy atom. The topological polar surface area (TPSA) is 37.4 Å². The van der Waals surface area contributed by atoms with Crippen molar-refractivity contribution in [1.29, 1.82) is 0 Å². The van der Waals surface area contributed by atoms with Crippen LogP contribution >= 0.6 is 0 Å². The maximum Gasteiger partial charge on any atom is 0.243 e. The minimum Gasteiger partial charge on any atom is -0.244 e. The average molecular weight is 299 g/mol. The highest BCUT2D eigenvalue weighted by molar-refractivity contribution is 7.89. The molecule has 0 radical (unpaired) electrons. The molecule has 0 saturated carbocycles. The first kappa shape index (κ1) is 15.4. The van der Waals surface area contributed by atoms with Gasteiger partial charge in [-0.2, -0.15) is 4.31 Å². The normalized spacial score (nSPS) is 19.2. The van der Waals surface area contributed by atoms with Gasteiger partial charge in [0, 0.05) is 13.1 Å². The molecule has 20 heavy (non-hydrogen) atoms. The number of rotatable bonds is 3. The van der Waals surface area contributed by atoms with Gasteiger partial charge < -0.3 is 0 Å². The van der Waals surface area contributed by atoms with E-state index in [1.54, 1.807) is 38.1 Å². The number of benzene rings is 1.